The molecule has 1 atom stereocenters. The largest absolute Gasteiger partial charge is 0.481 e. The van der Waals surface area contributed by atoms with Crippen LogP contribution in [-0.4, -0.2) is 37.6 Å². The van der Waals surface area contributed by atoms with Gasteiger partial charge in [0.15, 0.2) is 6.10 Å². The molecule has 0 aromatic heterocycles. The number of amides is 1. The Morgan fingerprint density at radius 3 is 2.50 bits per heavy atom. The van der Waals surface area contributed by atoms with Crippen molar-refractivity contribution < 1.29 is 9.53 Å². The number of nitrogens with one attached hydrogen (secondary N) is 1. The van der Waals surface area contributed by atoms with E-state index in [0.717, 1.165) is 24.4 Å². The molecule has 0 saturated carbocycles. The van der Waals surface area contributed by atoms with Crippen LogP contribution in [0.1, 0.15) is 26.3 Å². The van der Waals surface area contributed by atoms with Crippen LogP contribution in [0.5, 0.6) is 5.75 Å². The van der Waals surface area contributed by atoms with Crippen molar-refractivity contribution in [3.05, 3.63) is 29.8 Å². The fourth-order valence-corrected chi connectivity index (χ4v) is 1.86. The first-order chi connectivity index (χ1) is 9.41. The molecular formula is C16H26N2O2. The number of likely N-dealkylation sites (N-methyl/N-ethyl adjacent to an activating group) is 1. The maximum atomic E-state index is 11.8. The van der Waals surface area contributed by atoms with Crippen molar-refractivity contribution in [2.24, 2.45) is 5.92 Å². The normalized spacial score (nSPS) is 12.3. The van der Waals surface area contributed by atoms with Crippen molar-refractivity contribution in [2.75, 3.05) is 20.6 Å². The van der Waals surface area contributed by atoms with Gasteiger partial charge in [-0.15, -0.1) is 0 Å². The van der Waals surface area contributed by atoms with Gasteiger partial charge in [0.1, 0.15) is 5.75 Å². The van der Waals surface area contributed by atoms with Crippen LogP contribution in [0.4, 0.5) is 0 Å². The van der Waals surface area contributed by atoms with E-state index in [4.69, 9.17) is 4.74 Å². The van der Waals surface area contributed by atoms with Crippen LogP contribution in [0.15, 0.2) is 24.3 Å². The Labute approximate surface area is 122 Å². The Hall–Kier alpha value is -1.55. The maximum absolute atomic E-state index is 11.8. The van der Waals surface area contributed by atoms with Crippen molar-refractivity contribution in [1.82, 2.24) is 10.2 Å². The molecule has 0 bridgehead atoms. The second-order valence-corrected chi connectivity index (χ2v) is 5.63. The number of hydrogen-bond donors (Lipinski definition) is 1. The summed E-state index contributed by atoms with van der Waals surface area (Å²) in [4.78, 5) is 13.4. The quantitative estimate of drug-likeness (QED) is 0.832. The highest BCUT2D eigenvalue weighted by Gasteiger charge is 2.17. The van der Waals surface area contributed by atoms with Gasteiger partial charge in [-0.2, -0.15) is 0 Å². The van der Waals surface area contributed by atoms with Crippen LogP contribution >= 0.6 is 0 Å². The van der Waals surface area contributed by atoms with Crippen LogP contribution < -0.4 is 10.1 Å². The number of carbonyl (C=O) groups is 1. The number of hydrogen-bond acceptors (Lipinski definition) is 3. The molecule has 0 saturated heterocycles. The van der Waals surface area contributed by atoms with E-state index >= 15 is 0 Å². The average Bonchev–Trinajstić information content (AvgIpc) is 2.39. The van der Waals surface area contributed by atoms with Gasteiger partial charge in [0.25, 0.3) is 5.91 Å². The predicted octanol–water partition coefficient (Wildman–Crippen LogP) is 2.29. The predicted molar refractivity (Wildman–Crippen MR) is 81.8 cm³/mol. The Morgan fingerprint density at radius 1 is 1.25 bits per heavy atom. The third kappa shape index (κ3) is 5.21. The van der Waals surface area contributed by atoms with E-state index in [-0.39, 0.29) is 5.91 Å². The second kappa shape index (κ2) is 7.90. The van der Waals surface area contributed by atoms with E-state index < -0.39 is 6.10 Å². The van der Waals surface area contributed by atoms with Crippen molar-refractivity contribution in [3.63, 3.8) is 0 Å². The van der Waals surface area contributed by atoms with Gasteiger partial charge in [-0.3, -0.25) is 4.79 Å². The summed E-state index contributed by atoms with van der Waals surface area (Å²) in [6.45, 7) is 7.83. The zero-order valence-corrected chi connectivity index (χ0v) is 13.1. The highest BCUT2D eigenvalue weighted by Crippen LogP contribution is 2.19. The van der Waals surface area contributed by atoms with Gasteiger partial charge in [-0.25, -0.2) is 0 Å². The van der Waals surface area contributed by atoms with Gasteiger partial charge < -0.3 is 15.0 Å². The molecule has 112 valence electrons. The Morgan fingerprint density at radius 2 is 1.90 bits per heavy atom. The zero-order valence-electron chi connectivity index (χ0n) is 13.1. The third-order valence-corrected chi connectivity index (χ3v) is 2.93. The molecule has 1 rings (SSSR count). The van der Waals surface area contributed by atoms with Gasteiger partial charge in [0.2, 0.25) is 0 Å². The summed E-state index contributed by atoms with van der Waals surface area (Å²) in [5, 5.41) is 3.39. The molecule has 0 fully saturated rings. The van der Waals surface area contributed by atoms with E-state index in [1.807, 2.05) is 24.3 Å². The number of ether oxygens (including phenoxy) is 1. The SMILES string of the molecule is CC(C)CNCc1ccccc1OC(C)C(=O)N(C)C. The summed E-state index contributed by atoms with van der Waals surface area (Å²) in [6.07, 6.45) is -0.476. The highest BCUT2D eigenvalue weighted by molar-refractivity contribution is 5.80. The highest BCUT2D eigenvalue weighted by atomic mass is 16.5. The van der Waals surface area contributed by atoms with E-state index in [0.29, 0.717) is 5.92 Å². The minimum atomic E-state index is -0.476. The topological polar surface area (TPSA) is 41.6 Å². The van der Waals surface area contributed by atoms with E-state index in [2.05, 4.69) is 19.2 Å². The standard InChI is InChI=1S/C16H26N2O2/c1-12(2)10-17-11-14-8-6-7-9-15(14)20-13(3)16(19)18(4)5/h6-9,12-13,17H,10-11H2,1-5H3. The number of para-hydroxylation sites is 1. The van der Waals surface area contributed by atoms with E-state index in [1.54, 1.807) is 25.9 Å². The molecule has 1 amide bonds. The van der Waals surface area contributed by atoms with Crippen molar-refractivity contribution >= 4 is 5.91 Å². The Balaban J connectivity index is 2.67. The molecule has 0 radical (unpaired) electrons. The molecule has 4 heteroatoms. The molecule has 20 heavy (non-hydrogen) atoms. The fraction of sp³-hybridized carbons (Fsp3) is 0.562. The lowest BCUT2D eigenvalue weighted by atomic mass is 10.1. The lowest BCUT2D eigenvalue weighted by molar-refractivity contribution is -0.135. The molecule has 1 unspecified atom stereocenters. The van der Waals surface area contributed by atoms with Gasteiger partial charge in [0.05, 0.1) is 0 Å². The van der Waals surface area contributed by atoms with E-state index in [1.165, 1.54) is 0 Å². The molecule has 1 N–H and O–H groups in total. The van der Waals surface area contributed by atoms with Crippen molar-refractivity contribution in [2.45, 2.75) is 33.4 Å². The van der Waals surface area contributed by atoms with Crippen LogP contribution in [0.25, 0.3) is 0 Å². The second-order valence-electron chi connectivity index (χ2n) is 5.63. The first-order valence-electron chi connectivity index (χ1n) is 7.08. The van der Waals surface area contributed by atoms with Crippen LogP contribution in [0, 0.1) is 5.92 Å². The average molecular weight is 278 g/mol. The summed E-state index contributed by atoms with van der Waals surface area (Å²) in [6, 6.07) is 7.84. The number of nitrogens with zero attached hydrogens (tertiary/aromatic N) is 1. The smallest absolute Gasteiger partial charge is 0.262 e. The van der Waals surface area contributed by atoms with Crippen LogP contribution in [-0.2, 0) is 11.3 Å². The fourth-order valence-electron chi connectivity index (χ4n) is 1.86. The van der Waals surface area contributed by atoms with E-state index in [9.17, 15) is 4.79 Å². The maximum Gasteiger partial charge on any atom is 0.262 e. The molecule has 0 aliphatic carbocycles. The molecule has 0 aliphatic rings. The number of rotatable bonds is 7. The van der Waals surface area contributed by atoms with Crippen molar-refractivity contribution in [3.8, 4) is 5.75 Å². The minimum absolute atomic E-state index is 0.0325. The number of benzene rings is 1. The lowest BCUT2D eigenvalue weighted by Crippen LogP contribution is -2.35. The molecule has 0 aliphatic heterocycles. The number of carbonyl (C=O) groups excluding carboxylic acids is 1. The lowest BCUT2D eigenvalue weighted by Gasteiger charge is -2.20. The summed E-state index contributed by atoms with van der Waals surface area (Å²) < 4.78 is 5.79. The summed E-state index contributed by atoms with van der Waals surface area (Å²) in [5.74, 6) is 1.35. The third-order valence-electron chi connectivity index (χ3n) is 2.93. The molecule has 4 nitrogen and oxygen atoms in total. The molecule has 0 heterocycles. The Bertz CT molecular complexity index is 430. The van der Waals surface area contributed by atoms with Gasteiger partial charge >= 0.3 is 0 Å². The minimum Gasteiger partial charge on any atom is -0.481 e. The van der Waals surface area contributed by atoms with Gasteiger partial charge in [0, 0.05) is 26.2 Å². The van der Waals surface area contributed by atoms with Crippen LogP contribution in [0.2, 0.25) is 0 Å². The Kier molecular flexibility index (Phi) is 6.52. The van der Waals surface area contributed by atoms with Gasteiger partial charge in [-0.1, -0.05) is 32.0 Å². The molecular weight excluding hydrogens is 252 g/mol. The first-order valence-corrected chi connectivity index (χ1v) is 7.08. The summed E-state index contributed by atoms with van der Waals surface area (Å²) in [5.41, 5.74) is 1.08. The van der Waals surface area contributed by atoms with Crippen molar-refractivity contribution in [1.29, 1.82) is 0 Å². The first kappa shape index (κ1) is 16.5. The summed E-state index contributed by atoms with van der Waals surface area (Å²) >= 11 is 0. The van der Waals surface area contributed by atoms with Crippen LogP contribution in [0.3, 0.4) is 0 Å². The van der Waals surface area contributed by atoms with Gasteiger partial charge in [-0.05, 0) is 25.5 Å². The molecule has 0 spiro atoms. The molecule has 1 aromatic rings. The summed E-state index contributed by atoms with van der Waals surface area (Å²) in [7, 11) is 3.47. The molecule has 1 aromatic carbocycles. The monoisotopic (exact) mass is 278 g/mol. The zero-order chi connectivity index (χ0) is 15.1.